The van der Waals surface area contributed by atoms with E-state index >= 15 is 0 Å². The van der Waals surface area contributed by atoms with Crippen molar-refractivity contribution in [3.63, 3.8) is 0 Å². The number of rotatable bonds is 5. The molecule has 88 valence electrons. The molecule has 1 aromatic rings. The molecule has 2 N–H and O–H groups in total. The van der Waals surface area contributed by atoms with Crippen molar-refractivity contribution in [2.45, 2.75) is 25.3 Å². The minimum atomic E-state index is 0.0772. The maximum absolute atomic E-state index is 6.18. The summed E-state index contributed by atoms with van der Waals surface area (Å²) in [6.07, 6.45) is 3.71. The van der Waals surface area contributed by atoms with Crippen LogP contribution in [0.5, 0.6) is 11.5 Å². The van der Waals surface area contributed by atoms with E-state index in [-0.39, 0.29) is 6.04 Å². The zero-order chi connectivity index (χ0) is 11.5. The van der Waals surface area contributed by atoms with Gasteiger partial charge in [0.05, 0.1) is 14.2 Å². The molecule has 16 heavy (non-hydrogen) atoms. The molecule has 0 amide bonds. The number of nitrogens with two attached hydrogens (primary N) is 1. The fraction of sp³-hybridized carbons (Fsp3) is 0.538. The van der Waals surface area contributed by atoms with Crippen molar-refractivity contribution >= 4 is 0 Å². The first-order chi connectivity index (χ1) is 7.74. The third-order valence-electron chi connectivity index (χ3n) is 3.12. The fourth-order valence-electron chi connectivity index (χ4n) is 1.96. The van der Waals surface area contributed by atoms with Crippen LogP contribution in [-0.4, -0.2) is 14.2 Å². The summed E-state index contributed by atoms with van der Waals surface area (Å²) in [4.78, 5) is 0. The molecule has 1 saturated carbocycles. The summed E-state index contributed by atoms with van der Waals surface area (Å²) in [5, 5.41) is 0. The van der Waals surface area contributed by atoms with Crippen molar-refractivity contribution in [2.75, 3.05) is 14.2 Å². The first-order valence-corrected chi connectivity index (χ1v) is 5.72. The Morgan fingerprint density at radius 2 is 2.06 bits per heavy atom. The molecule has 1 atom stereocenters. The Kier molecular flexibility index (Phi) is 3.34. The second-order valence-corrected chi connectivity index (χ2v) is 4.39. The van der Waals surface area contributed by atoms with Crippen LogP contribution in [0.2, 0.25) is 0 Å². The highest BCUT2D eigenvalue weighted by molar-refractivity contribution is 5.42. The molecular formula is C13H19NO2. The van der Waals surface area contributed by atoms with Crippen molar-refractivity contribution in [2.24, 2.45) is 11.7 Å². The molecular weight excluding hydrogens is 202 g/mol. The van der Waals surface area contributed by atoms with Gasteiger partial charge in [-0.2, -0.15) is 0 Å². The second-order valence-electron chi connectivity index (χ2n) is 4.39. The maximum atomic E-state index is 6.18. The van der Waals surface area contributed by atoms with Gasteiger partial charge >= 0.3 is 0 Å². The van der Waals surface area contributed by atoms with Gasteiger partial charge in [0, 0.05) is 17.7 Å². The van der Waals surface area contributed by atoms with Crippen molar-refractivity contribution in [1.82, 2.24) is 0 Å². The molecule has 0 unspecified atom stereocenters. The van der Waals surface area contributed by atoms with E-state index in [2.05, 4.69) is 0 Å². The second kappa shape index (κ2) is 4.74. The summed E-state index contributed by atoms with van der Waals surface area (Å²) in [5.41, 5.74) is 7.26. The van der Waals surface area contributed by atoms with Crippen molar-refractivity contribution in [3.05, 3.63) is 23.8 Å². The first-order valence-electron chi connectivity index (χ1n) is 5.72. The predicted octanol–water partition coefficient (Wildman–Crippen LogP) is 2.50. The highest BCUT2D eigenvalue weighted by Gasteiger charge is 2.25. The lowest BCUT2D eigenvalue weighted by molar-refractivity contribution is 0.386. The van der Waals surface area contributed by atoms with Crippen LogP contribution in [-0.2, 0) is 0 Å². The summed E-state index contributed by atoms with van der Waals surface area (Å²) in [7, 11) is 3.32. The Morgan fingerprint density at radius 3 is 2.62 bits per heavy atom. The highest BCUT2D eigenvalue weighted by Crippen LogP contribution is 2.39. The van der Waals surface area contributed by atoms with Gasteiger partial charge in [-0.15, -0.1) is 0 Å². The number of benzene rings is 1. The van der Waals surface area contributed by atoms with E-state index in [1.807, 2.05) is 18.2 Å². The summed E-state index contributed by atoms with van der Waals surface area (Å²) >= 11 is 0. The van der Waals surface area contributed by atoms with Crippen LogP contribution in [0.15, 0.2) is 18.2 Å². The fourth-order valence-corrected chi connectivity index (χ4v) is 1.96. The molecule has 3 heteroatoms. The molecule has 1 fully saturated rings. The lowest BCUT2D eigenvalue weighted by Gasteiger charge is -2.16. The topological polar surface area (TPSA) is 44.5 Å². The van der Waals surface area contributed by atoms with Gasteiger partial charge in [0.25, 0.3) is 0 Å². The van der Waals surface area contributed by atoms with E-state index in [1.54, 1.807) is 14.2 Å². The average Bonchev–Trinajstić information content (AvgIpc) is 3.11. The molecule has 0 bridgehead atoms. The van der Waals surface area contributed by atoms with E-state index in [4.69, 9.17) is 15.2 Å². The van der Waals surface area contributed by atoms with Crippen LogP contribution in [0.1, 0.15) is 30.9 Å². The molecule has 0 aliphatic heterocycles. The Labute approximate surface area is 96.5 Å². The quantitative estimate of drug-likeness (QED) is 0.830. The summed E-state index contributed by atoms with van der Waals surface area (Å²) in [5.74, 6) is 2.45. The number of methoxy groups -OCH3 is 2. The third kappa shape index (κ3) is 2.47. The van der Waals surface area contributed by atoms with E-state index < -0.39 is 0 Å². The van der Waals surface area contributed by atoms with E-state index in [9.17, 15) is 0 Å². The van der Waals surface area contributed by atoms with Gasteiger partial charge in [-0.3, -0.25) is 0 Å². The molecule has 2 rings (SSSR count). The summed E-state index contributed by atoms with van der Waals surface area (Å²) < 4.78 is 10.5. The number of ether oxygens (including phenoxy) is 2. The van der Waals surface area contributed by atoms with Gasteiger partial charge in [0.1, 0.15) is 11.5 Å². The van der Waals surface area contributed by atoms with Crippen LogP contribution in [0.25, 0.3) is 0 Å². The zero-order valence-electron chi connectivity index (χ0n) is 9.90. The van der Waals surface area contributed by atoms with Gasteiger partial charge in [-0.1, -0.05) is 18.9 Å². The van der Waals surface area contributed by atoms with Gasteiger partial charge in [0.2, 0.25) is 0 Å². The largest absolute Gasteiger partial charge is 0.497 e. The molecule has 0 spiro atoms. The highest BCUT2D eigenvalue weighted by atomic mass is 16.5. The third-order valence-corrected chi connectivity index (χ3v) is 3.12. The predicted molar refractivity (Wildman–Crippen MR) is 63.8 cm³/mol. The molecule has 0 saturated heterocycles. The standard InChI is InChI=1S/C13H19NO2/c1-15-10-5-6-11(13(8-10)16-2)12(14)7-9-3-4-9/h5-6,8-9,12H,3-4,7,14H2,1-2H3/t12-/m1/s1. The Morgan fingerprint density at radius 1 is 1.31 bits per heavy atom. The normalized spacial score (nSPS) is 16.9. The molecule has 0 heterocycles. The van der Waals surface area contributed by atoms with Crippen molar-refractivity contribution < 1.29 is 9.47 Å². The van der Waals surface area contributed by atoms with E-state index in [0.29, 0.717) is 0 Å². The van der Waals surface area contributed by atoms with Crippen LogP contribution >= 0.6 is 0 Å². The molecule has 0 aromatic heterocycles. The Balaban J connectivity index is 2.17. The summed E-state index contributed by atoms with van der Waals surface area (Å²) in [6, 6.07) is 5.91. The van der Waals surface area contributed by atoms with Crippen LogP contribution in [0.3, 0.4) is 0 Å². The van der Waals surface area contributed by atoms with E-state index in [0.717, 1.165) is 29.4 Å². The number of hydrogen-bond donors (Lipinski definition) is 1. The minimum Gasteiger partial charge on any atom is -0.497 e. The van der Waals surface area contributed by atoms with E-state index in [1.165, 1.54) is 12.8 Å². The number of hydrogen-bond acceptors (Lipinski definition) is 3. The van der Waals surface area contributed by atoms with Crippen molar-refractivity contribution in [3.8, 4) is 11.5 Å². The van der Waals surface area contributed by atoms with Crippen LogP contribution in [0.4, 0.5) is 0 Å². The molecule has 0 radical (unpaired) electrons. The van der Waals surface area contributed by atoms with Gasteiger partial charge in [-0.05, 0) is 18.4 Å². The zero-order valence-corrected chi connectivity index (χ0v) is 9.90. The Bertz CT molecular complexity index is 361. The lowest BCUT2D eigenvalue weighted by Crippen LogP contribution is -2.12. The lowest BCUT2D eigenvalue weighted by atomic mass is 10.0. The minimum absolute atomic E-state index is 0.0772. The van der Waals surface area contributed by atoms with Crippen molar-refractivity contribution in [1.29, 1.82) is 0 Å². The van der Waals surface area contributed by atoms with Gasteiger partial charge < -0.3 is 15.2 Å². The summed E-state index contributed by atoms with van der Waals surface area (Å²) in [6.45, 7) is 0. The van der Waals surface area contributed by atoms with Gasteiger partial charge in [0.15, 0.2) is 0 Å². The molecule has 1 aliphatic rings. The van der Waals surface area contributed by atoms with Gasteiger partial charge in [-0.25, -0.2) is 0 Å². The van der Waals surface area contributed by atoms with Crippen LogP contribution < -0.4 is 15.2 Å². The SMILES string of the molecule is COc1ccc([C@H](N)CC2CC2)c(OC)c1. The first kappa shape index (κ1) is 11.3. The molecule has 1 aromatic carbocycles. The molecule has 1 aliphatic carbocycles. The molecule has 3 nitrogen and oxygen atoms in total. The van der Waals surface area contributed by atoms with Crippen LogP contribution in [0, 0.1) is 5.92 Å². The maximum Gasteiger partial charge on any atom is 0.127 e. The Hall–Kier alpha value is -1.22. The monoisotopic (exact) mass is 221 g/mol. The smallest absolute Gasteiger partial charge is 0.127 e. The average molecular weight is 221 g/mol.